The van der Waals surface area contributed by atoms with Crippen LogP contribution in [0, 0.1) is 51.8 Å². The van der Waals surface area contributed by atoms with Crippen molar-refractivity contribution >= 4 is 5.78 Å². The van der Waals surface area contributed by atoms with E-state index in [0.717, 1.165) is 25.7 Å². The summed E-state index contributed by atoms with van der Waals surface area (Å²) in [5.41, 5.74) is 1.38. The predicted molar refractivity (Wildman–Crippen MR) is 94.9 cm³/mol. The van der Waals surface area contributed by atoms with Gasteiger partial charge < -0.3 is 0 Å². The number of hydrogen-bond donors (Lipinski definition) is 0. The first-order chi connectivity index (χ1) is 11.4. The molecule has 4 rings (SSSR count). The predicted octanol–water partition coefficient (Wildman–Crippen LogP) is 5.07. The summed E-state index contributed by atoms with van der Waals surface area (Å²) in [6.07, 6.45) is 11.5. The van der Waals surface area contributed by atoms with Crippen LogP contribution >= 0.6 is 0 Å². The Kier molecular flexibility index (Phi) is 3.57. The van der Waals surface area contributed by atoms with Crippen LogP contribution in [0.1, 0.15) is 58.8 Å². The fourth-order valence-electron chi connectivity index (χ4n) is 6.98. The van der Waals surface area contributed by atoms with Crippen molar-refractivity contribution in [3.63, 3.8) is 0 Å². The van der Waals surface area contributed by atoms with Gasteiger partial charge >= 0.3 is 0 Å². The van der Waals surface area contributed by atoms with Crippen molar-refractivity contribution in [1.29, 1.82) is 5.26 Å². The minimum atomic E-state index is -0.174. The Bertz CT molecular complexity index is 655. The zero-order valence-electron chi connectivity index (χ0n) is 15.1. The minimum absolute atomic E-state index is 0.149. The van der Waals surface area contributed by atoms with Crippen molar-refractivity contribution in [3.8, 4) is 6.07 Å². The summed E-state index contributed by atoms with van der Waals surface area (Å²) < 4.78 is 0. The number of nitriles is 1. The van der Waals surface area contributed by atoms with Gasteiger partial charge in [0.25, 0.3) is 0 Å². The maximum atomic E-state index is 11.9. The van der Waals surface area contributed by atoms with Gasteiger partial charge in [-0.3, -0.25) is 4.79 Å². The second-order valence-electron chi connectivity index (χ2n) is 9.22. The fraction of sp³-hybridized carbons (Fsp3) is 0.727. The van der Waals surface area contributed by atoms with Gasteiger partial charge in [0.1, 0.15) is 0 Å². The van der Waals surface area contributed by atoms with Gasteiger partial charge in [0.05, 0.1) is 11.5 Å². The molecule has 128 valence electrons. The molecule has 3 saturated carbocycles. The van der Waals surface area contributed by atoms with Crippen molar-refractivity contribution in [2.24, 2.45) is 40.4 Å². The van der Waals surface area contributed by atoms with Gasteiger partial charge in [0.15, 0.2) is 5.78 Å². The molecule has 0 aromatic rings. The van der Waals surface area contributed by atoms with E-state index in [-0.39, 0.29) is 10.8 Å². The van der Waals surface area contributed by atoms with Gasteiger partial charge in [0.2, 0.25) is 0 Å². The summed E-state index contributed by atoms with van der Waals surface area (Å²) in [6.45, 7) is 8.74. The standard InChI is InChI=1S/C22H29NO/c1-4-14-11-15-12-16(24)5-6-17(15)18-7-10-22(3)19(20(14)18)8-9-21(22,2)13-23/h4,12,14,17-20H,1,5-11H2,2-3H3/t14-,17?,18?,19?,20?,21+,22?/m0/s1. The average Bonchev–Trinajstić information content (AvgIpc) is 2.85. The van der Waals surface area contributed by atoms with E-state index in [1.807, 2.05) is 6.08 Å². The molecule has 2 heteroatoms. The molecular formula is C22H29NO. The van der Waals surface area contributed by atoms with Crippen molar-refractivity contribution in [2.75, 3.05) is 0 Å². The highest BCUT2D eigenvalue weighted by molar-refractivity contribution is 5.91. The lowest BCUT2D eigenvalue weighted by molar-refractivity contribution is -0.116. The van der Waals surface area contributed by atoms with Crippen LogP contribution in [0.5, 0.6) is 0 Å². The van der Waals surface area contributed by atoms with E-state index in [2.05, 4.69) is 32.6 Å². The molecule has 0 saturated heterocycles. The largest absolute Gasteiger partial charge is 0.295 e. The molecule has 0 heterocycles. The maximum Gasteiger partial charge on any atom is 0.155 e. The molecule has 5 unspecified atom stereocenters. The van der Waals surface area contributed by atoms with Crippen LogP contribution in [-0.2, 0) is 4.79 Å². The second-order valence-corrected chi connectivity index (χ2v) is 9.22. The molecule has 4 aliphatic carbocycles. The minimum Gasteiger partial charge on any atom is -0.295 e. The van der Waals surface area contributed by atoms with E-state index in [4.69, 9.17) is 0 Å². The molecule has 0 bridgehead atoms. The molecule has 0 N–H and O–H groups in total. The average molecular weight is 323 g/mol. The highest BCUT2D eigenvalue weighted by Gasteiger charge is 2.62. The van der Waals surface area contributed by atoms with Crippen LogP contribution in [0.15, 0.2) is 24.3 Å². The van der Waals surface area contributed by atoms with Crippen LogP contribution in [0.4, 0.5) is 0 Å². The van der Waals surface area contributed by atoms with Gasteiger partial charge in [-0.15, -0.1) is 6.58 Å². The molecule has 0 spiro atoms. The molecule has 4 aliphatic rings. The van der Waals surface area contributed by atoms with E-state index in [1.54, 1.807) is 0 Å². The van der Waals surface area contributed by atoms with E-state index in [1.165, 1.54) is 24.8 Å². The number of ketones is 1. The summed E-state index contributed by atoms with van der Waals surface area (Å²) in [5, 5.41) is 9.85. The van der Waals surface area contributed by atoms with Crippen LogP contribution in [0.25, 0.3) is 0 Å². The number of allylic oxidation sites excluding steroid dienone is 2. The molecule has 2 nitrogen and oxygen atoms in total. The molecule has 0 aliphatic heterocycles. The van der Waals surface area contributed by atoms with Crippen molar-refractivity contribution in [2.45, 2.75) is 58.8 Å². The van der Waals surface area contributed by atoms with Gasteiger partial charge in [-0.25, -0.2) is 0 Å². The molecule has 3 fully saturated rings. The third-order valence-electron chi connectivity index (χ3n) is 8.55. The van der Waals surface area contributed by atoms with Crippen LogP contribution in [0.3, 0.4) is 0 Å². The van der Waals surface area contributed by atoms with E-state index >= 15 is 0 Å². The summed E-state index contributed by atoms with van der Waals surface area (Å²) in [4.78, 5) is 11.9. The van der Waals surface area contributed by atoms with Crippen LogP contribution in [0.2, 0.25) is 0 Å². The van der Waals surface area contributed by atoms with E-state index < -0.39 is 0 Å². The van der Waals surface area contributed by atoms with Gasteiger partial charge in [-0.2, -0.15) is 5.26 Å². The fourth-order valence-corrected chi connectivity index (χ4v) is 6.98. The van der Waals surface area contributed by atoms with E-state index in [0.29, 0.717) is 35.4 Å². The smallest absolute Gasteiger partial charge is 0.155 e. The summed E-state index contributed by atoms with van der Waals surface area (Å²) in [6, 6.07) is 2.69. The molecule has 0 aromatic heterocycles. The summed E-state index contributed by atoms with van der Waals surface area (Å²) in [7, 11) is 0. The molecule has 24 heavy (non-hydrogen) atoms. The Morgan fingerprint density at radius 2 is 2.08 bits per heavy atom. The quantitative estimate of drug-likeness (QED) is 0.632. The SMILES string of the molecule is C=C[C@H]1CC2=CC(=O)CCC2C2CCC3(C)C(CC[C@]3(C)C#N)C21. The molecule has 7 atom stereocenters. The number of rotatable bonds is 1. The van der Waals surface area contributed by atoms with Gasteiger partial charge in [0, 0.05) is 6.42 Å². The molecule has 0 amide bonds. The molecular weight excluding hydrogens is 294 g/mol. The topological polar surface area (TPSA) is 40.9 Å². The number of carbonyl (C=O) groups is 1. The third-order valence-corrected chi connectivity index (χ3v) is 8.55. The van der Waals surface area contributed by atoms with Crippen molar-refractivity contribution in [1.82, 2.24) is 0 Å². The first-order valence-corrected chi connectivity index (χ1v) is 9.70. The van der Waals surface area contributed by atoms with Crippen LogP contribution in [-0.4, -0.2) is 5.78 Å². The first kappa shape index (κ1) is 16.1. The Morgan fingerprint density at radius 1 is 1.29 bits per heavy atom. The van der Waals surface area contributed by atoms with Crippen molar-refractivity contribution < 1.29 is 4.79 Å². The molecule has 0 radical (unpaired) electrons. The van der Waals surface area contributed by atoms with Crippen molar-refractivity contribution in [3.05, 3.63) is 24.3 Å². The maximum absolute atomic E-state index is 11.9. The zero-order chi connectivity index (χ0) is 17.1. The van der Waals surface area contributed by atoms with Gasteiger partial charge in [-0.05, 0) is 86.5 Å². The Morgan fingerprint density at radius 3 is 2.79 bits per heavy atom. The number of nitrogens with zero attached hydrogens (tertiary/aromatic N) is 1. The van der Waals surface area contributed by atoms with E-state index in [9.17, 15) is 10.1 Å². The third kappa shape index (κ3) is 1.97. The Labute approximate surface area is 146 Å². The number of hydrogen-bond acceptors (Lipinski definition) is 2. The zero-order valence-corrected chi connectivity index (χ0v) is 15.1. The second kappa shape index (κ2) is 5.32. The lowest BCUT2D eigenvalue weighted by Crippen LogP contribution is -2.51. The Hall–Kier alpha value is -1.36. The number of fused-ring (bicyclic) bond motifs is 5. The Balaban J connectivity index is 1.73. The normalized spacial score (nSPS) is 50.1. The lowest BCUT2D eigenvalue weighted by Gasteiger charge is -2.57. The lowest BCUT2D eigenvalue weighted by atomic mass is 9.47. The highest BCUT2D eigenvalue weighted by Crippen LogP contribution is 2.68. The first-order valence-electron chi connectivity index (χ1n) is 9.70. The summed E-state index contributed by atoms with van der Waals surface area (Å²) in [5.74, 6) is 3.41. The summed E-state index contributed by atoms with van der Waals surface area (Å²) >= 11 is 0. The monoisotopic (exact) mass is 323 g/mol. The molecule has 0 aromatic carbocycles. The van der Waals surface area contributed by atoms with Gasteiger partial charge in [-0.1, -0.05) is 18.6 Å². The van der Waals surface area contributed by atoms with Crippen LogP contribution < -0.4 is 0 Å². The number of carbonyl (C=O) groups excluding carboxylic acids is 1. The highest BCUT2D eigenvalue weighted by atomic mass is 16.1.